The quantitative estimate of drug-likeness (QED) is 0.621. The summed E-state index contributed by atoms with van der Waals surface area (Å²) in [5.74, 6) is 0.669. The Morgan fingerprint density at radius 3 is 2.50 bits per heavy atom. The Kier molecular flexibility index (Phi) is 4.90. The second-order valence-electron chi connectivity index (χ2n) is 4.12. The molecule has 1 atom stereocenters. The number of nitrogens with two attached hydrogens (primary N) is 1. The van der Waals surface area contributed by atoms with Crippen molar-refractivity contribution >= 4 is 6.41 Å². The van der Waals surface area contributed by atoms with Gasteiger partial charge in [0.2, 0.25) is 6.41 Å². The third kappa shape index (κ3) is 3.64. The molecule has 0 radical (unpaired) electrons. The smallest absolute Gasteiger partial charge is 0.209 e. The molecule has 0 aromatic rings. The monoisotopic (exact) mass is 199 g/mol. The van der Waals surface area contributed by atoms with Crippen molar-refractivity contribution in [2.24, 2.45) is 11.7 Å². The average molecular weight is 199 g/mol. The Morgan fingerprint density at radius 1 is 1.36 bits per heavy atom. The highest BCUT2D eigenvalue weighted by Crippen LogP contribution is 2.06. The summed E-state index contributed by atoms with van der Waals surface area (Å²) in [7, 11) is 0. The SMILES string of the molecule is CC(CCN)CN1CCN(C=O)CC1. The molecule has 14 heavy (non-hydrogen) atoms. The first-order valence-corrected chi connectivity index (χ1v) is 5.38. The second kappa shape index (κ2) is 5.98. The molecule has 4 heteroatoms. The molecule has 2 N–H and O–H groups in total. The van der Waals surface area contributed by atoms with Crippen LogP contribution in [0.3, 0.4) is 0 Å². The third-order valence-electron chi connectivity index (χ3n) is 2.79. The summed E-state index contributed by atoms with van der Waals surface area (Å²) in [6.45, 7) is 7.89. The molecule has 1 fully saturated rings. The molecule has 0 bridgehead atoms. The van der Waals surface area contributed by atoms with Gasteiger partial charge in [0, 0.05) is 32.7 Å². The lowest BCUT2D eigenvalue weighted by molar-refractivity contribution is -0.119. The van der Waals surface area contributed by atoms with E-state index in [2.05, 4.69) is 11.8 Å². The lowest BCUT2D eigenvalue weighted by Crippen LogP contribution is -2.46. The van der Waals surface area contributed by atoms with Gasteiger partial charge in [0.25, 0.3) is 0 Å². The fourth-order valence-corrected chi connectivity index (χ4v) is 1.87. The van der Waals surface area contributed by atoms with Gasteiger partial charge in [0.15, 0.2) is 0 Å². The van der Waals surface area contributed by atoms with Crippen molar-refractivity contribution in [3.05, 3.63) is 0 Å². The van der Waals surface area contributed by atoms with Gasteiger partial charge in [-0.05, 0) is 18.9 Å². The molecule has 0 saturated carbocycles. The van der Waals surface area contributed by atoms with E-state index in [1.807, 2.05) is 4.90 Å². The van der Waals surface area contributed by atoms with Crippen LogP contribution >= 0.6 is 0 Å². The largest absolute Gasteiger partial charge is 0.343 e. The van der Waals surface area contributed by atoms with Crippen LogP contribution in [-0.2, 0) is 4.79 Å². The third-order valence-corrected chi connectivity index (χ3v) is 2.79. The van der Waals surface area contributed by atoms with E-state index in [9.17, 15) is 4.79 Å². The summed E-state index contributed by atoms with van der Waals surface area (Å²) < 4.78 is 0. The van der Waals surface area contributed by atoms with Gasteiger partial charge in [-0.1, -0.05) is 6.92 Å². The van der Waals surface area contributed by atoms with E-state index in [1.165, 1.54) is 0 Å². The maximum atomic E-state index is 10.5. The van der Waals surface area contributed by atoms with E-state index in [1.54, 1.807) is 0 Å². The van der Waals surface area contributed by atoms with Gasteiger partial charge in [-0.15, -0.1) is 0 Å². The molecule has 0 aliphatic carbocycles. The van der Waals surface area contributed by atoms with Crippen LogP contribution in [0.5, 0.6) is 0 Å². The van der Waals surface area contributed by atoms with Crippen LogP contribution in [0.1, 0.15) is 13.3 Å². The number of hydrogen-bond donors (Lipinski definition) is 1. The Balaban J connectivity index is 2.18. The molecular weight excluding hydrogens is 178 g/mol. The Morgan fingerprint density at radius 2 is 2.00 bits per heavy atom. The lowest BCUT2D eigenvalue weighted by atomic mass is 10.1. The van der Waals surface area contributed by atoms with Crippen LogP contribution in [0.4, 0.5) is 0 Å². The van der Waals surface area contributed by atoms with Crippen molar-refractivity contribution in [2.75, 3.05) is 39.3 Å². The van der Waals surface area contributed by atoms with E-state index in [-0.39, 0.29) is 0 Å². The van der Waals surface area contributed by atoms with Gasteiger partial charge in [0.1, 0.15) is 0 Å². The Hall–Kier alpha value is -0.610. The summed E-state index contributed by atoms with van der Waals surface area (Å²) in [5.41, 5.74) is 5.51. The molecule has 1 heterocycles. The van der Waals surface area contributed by atoms with Crippen molar-refractivity contribution in [3.8, 4) is 0 Å². The van der Waals surface area contributed by atoms with Crippen molar-refractivity contribution in [2.45, 2.75) is 13.3 Å². The number of hydrogen-bond acceptors (Lipinski definition) is 3. The van der Waals surface area contributed by atoms with Crippen molar-refractivity contribution in [1.29, 1.82) is 0 Å². The van der Waals surface area contributed by atoms with Crippen LogP contribution < -0.4 is 5.73 Å². The number of amides is 1. The molecule has 1 aliphatic rings. The highest BCUT2D eigenvalue weighted by Gasteiger charge is 2.16. The fraction of sp³-hybridized carbons (Fsp3) is 0.900. The summed E-state index contributed by atoms with van der Waals surface area (Å²) in [5, 5.41) is 0. The van der Waals surface area contributed by atoms with Gasteiger partial charge < -0.3 is 10.6 Å². The summed E-state index contributed by atoms with van der Waals surface area (Å²) >= 11 is 0. The van der Waals surface area contributed by atoms with Gasteiger partial charge in [0.05, 0.1) is 0 Å². The van der Waals surface area contributed by atoms with Crippen LogP contribution in [0.15, 0.2) is 0 Å². The van der Waals surface area contributed by atoms with Crippen molar-refractivity contribution in [1.82, 2.24) is 9.80 Å². The van der Waals surface area contributed by atoms with Crippen LogP contribution in [-0.4, -0.2) is 55.5 Å². The van der Waals surface area contributed by atoms with Gasteiger partial charge in [-0.25, -0.2) is 0 Å². The van der Waals surface area contributed by atoms with E-state index < -0.39 is 0 Å². The molecule has 1 rings (SSSR count). The predicted octanol–water partition coefficient (Wildman–Crippen LogP) is -0.255. The molecule has 0 spiro atoms. The minimum atomic E-state index is 0.669. The average Bonchev–Trinajstić information content (AvgIpc) is 2.19. The standard InChI is InChI=1S/C10H21N3O/c1-10(2-3-11)8-12-4-6-13(9-14)7-5-12/h9-10H,2-8,11H2,1H3. The molecule has 0 aromatic heterocycles. The molecule has 1 unspecified atom stereocenters. The van der Waals surface area contributed by atoms with Crippen LogP contribution in [0.2, 0.25) is 0 Å². The lowest BCUT2D eigenvalue weighted by Gasteiger charge is -2.33. The maximum Gasteiger partial charge on any atom is 0.209 e. The predicted molar refractivity (Wildman–Crippen MR) is 56.9 cm³/mol. The number of piperazine rings is 1. The highest BCUT2D eigenvalue weighted by molar-refractivity contribution is 5.47. The van der Waals surface area contributed by atoms with E-state index in [0.29, 0.717) is 5.92 Å². The zero-order valence-corrected chi connectivity index (χ0v) is 8.98. The van der Waals surface area contributed by atoms with Crippen LogP contribution in [0.25, 0.3) is 0 Å². The normalized spacial score (nSPS) is 20.9. The molecule has 0 aromatic carbocycles. The zero-order valence-electron chi connectivity index (χ0n) is 8.98. The second-order valence-corrected chi connectivity index (χ2v) is 4.12. The number of nitrogens with zero attached hydrogens (tertiary/aromatic N) is 2. The summed E-state index contributed by atoms with van der Waals surface area (Å²) in [6, 6.07) is 0. The van der Waals surface area contributed by atoms with E-state index in [0.717, 1.165) is 52.1 Å². The number of carbonyl (C=O) groups excluding carboxylic acids is 1. The van der Waals surface area contributed by atoms with E-state index >= 15 is 0 Å². The number of carbonyl (C=O) groups is 1. The maximum absolute atomic E-state index is 10.5. The van der Waals surface area contributed by atoms with E-state index in [4.69, 9.17) is 5.73 Å². The first-order chi connectivity index (χ1) is 6.76. The molecule has 1 aliphatic heterocycles. The minimum absolute atomic E-state index is 0.669. The summed E-state index contributed by atoms with van der Waals surface area (Å²) in [6.07, 6.45) is 2.04. The topological polar surface area (TPSA) is 49.6 Å². The minimum Gasteiger partial charge on any atom is -0.343 e. The summed E-state index contributed by atoms with van der Waals surface area (Å²) in [4.78, 5) is 14.7. The molecule has 1 saturated heterocycles. The first-order valence-electron chi connectivity index (χ1n) is 5.38. The first kappa shape index (κ1) is 11.5. The Labute approximate surface area is 86.0 Å². The molecule has 82 valence electrons. The zero-order chi connectivity index (χ0) is 10.4. The Bertz CT molecular complexity index is 167. The molecule has 1 amide bonds. The highest BCUT2D eigenvalue weighted by atomic mass is 16.1. The van der Waals surface area contributed by atoms with Gasteiger partial charge in [-0.2, -0.15) is 0 Å². The van der Waals surface area contributed by atoms with Crippen molar-refractivity contribution < 1.29 is 4.79 Å². The van der Waals surface area contributed by atoms with Crippen LogP contribution in [0, 0.1) is 5.92 Å². The number of rotatable bonds is 5. The van der Waals surface area contributed by atoms with Gasteiger partial charge in [-0.3, -0.25) is 9.69 Å². The van der Waals surface area contributed by atoms with Gasteiger partial charge >= 0.3 is 0 Å². The molecule has 4 nitrogen and oxygen atoms in total. The fourth-order valence-electron chi connectivity index (χ4n) is 1.87. The van der Waals surface area contributed by atoms with Crippen molar-refractivity contribution in [3.63, 3.8) is 0 Å². The molecular formula is C10H21N3O.